The largest absolute Gasteiger partial charge is 0.324 e. The van der Waals surface area contributed by atoms with E-state index in [1.807, 2.05) is 26.8 Å². The minimum atomic E-state index is 0.0151. The average molecular weight is 373 g/mol. The van der Waals surface area contributed by atoms with Crippen LogP contribution in [0.2, 0.25) is 0 Å². The van der Waals surface area contributed by atoms with Crippen LogP contribution in [0.3, 0.4) is 0 Å². The first kappa shape index (κ1) is 19.8. The molecule has 2 N–H and O–H groups in total. The van der Waals surface area contributed by atoms with Crippen LogP contribution in [0.15, 0.2) is 6.07 Å². The van der Waals surface area contributed by atoms with Gasteiger partial charge in [0.25, 0.3) is 0 Å². The summed E-state index contributed by atoms with van der Waals surface area (Å²) in [6, 6.07) is 2.03. The van der Waals surface area contributed by atoms with Crippen LogP contribution in [-0.4, -0.2) is 60.9 Å². The van der Waals surface area contributed by atoms with E-state index >= 15 is 0 Å². The van der Waals surface area contributed by atoms with Gasteiger partial charge in [0.15, 0.2) is 0 Å². The molecule has 2 amide bonds. The van der Waals surface area contributed by atoms with Crippen LogP contribution >= 0.6 is 0 Å². The second-order valence-electron chi connectivity index (χ2n) is 7.95. The standard InChI is InChI=1S/C21H32N4O2/c1-15-12-16(2)21(23-19(27)14-25-10-6-7-11-25)17(3)20(15)22-18(26)13-24-8-4-5-9-24/h12H,4-11,13-14H2,1-3H3,(H,22,26)(H,23,27). The number of carbonyl (C=O) groups is 2. The lowest BCUT2D eigenvalue weighted by Gasteiger charge is -2.21. The molecule has 0 saturated carbocycles. The number of nitrogens with zero attached hydrogens (tertiary/aromatic N) is 2. The van der Waals surface area contributed by atoms with Crippen LogP contribution in [0.5, 0.6) is 0 Å². The summed E-state index contributed by atoms with van der Waals surface area (Å²) in [5, 5.41) is 6.15. The molecule has 2 heterocycles. The van der Waals surface area contributed by atoms with Gasteiger partial charge in [-0.2, -0.15) is 0 Å². The fraction of sp³-hybridized carbons (Fsp3) is 0.619. The molecule has 2 aliphatic rings. The van der Waals surface area contributed by atoms with Gasteiger partial charge >= 0.3 is 0 Å². The van der Waals surface area contributed by atoms with Gasteiger partial charge in [0.2, 0.25) is 11.8 Å². The number of rotatable bonds is 6. The third-order valence-electron chi connectivity index (χ3n) is 5.63. The molecule has 3 rings (SSSR count). The van der Waals surface area contributed by atoms with Crippen molar-refractivity contribution in [3.63, 3.8) is 0 Å². The van der Waals surface area contributed by atoms with Crippen molar-refractivity contribution in [1.82, 2.24) is 9.80 Å². The summed E-state index contributed by atoms with van der Waals surface area (Å²) in [5.41, 5.74) is 4.62. The first-order valence-corrected chi connectivity index (χ1v) is 10.1. The van der Waals surface area contributed by atoms with E-state index in [0.29, 0.717) is 13.1 Å². The monoisotopic (exact) mass is 372 g/mol. The van der Waals surface area contributed by atoms with Gasteiger partial charge in [0.1, 0.15) is 0 Å². The molecule has 1 aromatic rings. The molecule has 148 valence electrons. The fourth-order valence-corrected chi connectivity index (χ4v) is 4.22. The number of anilines is 2. The molecular formula is C21H32N4O2. The average Bonchev–Trinajstić information content (AvgIpc) is 3.29. The first-order valence-electron chi connectivity index (χ1n) is 10.1. The van der Waals surface area contributed by atoms with Crippen molar-refractivity contribution in [2.75, 3.05) is 49.9 Å². The second-order valence-corrected chi connectivity index (χ2v) is 7.95. The smallest absolute Gasteiger partial charge is 0.238 e. The van der Waals surface area contributed by atoms with Gasteiger partial charge in [-0.15, -0.1) is 0 Å². The molecule has 2 fully saturated rings. The Balaban J connectivity index is 1.69. The Labute approximate surface area is 162 Å². The van der Waals surface area contributed by atoms with E-state index in [2.05, 4.69) is 20.4 Å². The van der Waals surface area contributed by atoms with E-state index in [1.54, 1.807) is 0 Å². The zero-order chi connectivity index (χ0) is 19.4. The number of benzene rings is 1. The lowest BCUT2D eigenvalue weighted by molar-refractivity contribution is -0.117. The van der Waals surface area contributed by atoms with Crippen molar-refractivity contribution in [1.29, 1.82) is 0 Å². The van der Waals surface area contributed by atoms with Crippen molar-refractivity contribution in [2.45, 2.75) is 46.5 Å². The number of amides is 2. The lowest BCUT2D eigenvalue weighted by Crippen LogP contribution is -2.32. The van der Waals surface area contributed by atoms with Crippen molar-refractivity contribution >= 4 is 23.2 Å². The summed E-state index contributed by atoms with van der Waals surface area (Å²) >= 11 is 0. The molecule has 2 aliphatic heterocycles. The normalized spacial score (nSPS) is 18.0. The van der Waals surface area contributed by atoms with Crippen molar-refractivity contribution in [2.24, 2.45) is 0 Å². The summed E-state index contributed by atoms with van der Waals surface area (Å²) in [6.07, 6.45) is 4.68. The number of likely N-dealkylation sites (tertiary alicyclic amines) is 2. The van der Waals surface area contributed by atoms with Gasteiger partial charge in [-0.25, -0.2) is 0 Å². The van der Waals surface area contributed by atoms with Gasteiger partial charge in [-0.05, 0) is 89.3 Å². The summed E-state index contributed by atoms with van der Waals surface area (Å²) in [6.45, 7) is 10.8. The molecule has 0 bridgehead atoms. The summed E-state index contributed by atoms with van der Waals surface area (Å²) in [7, 11) is 0. The van der Waals surface area contributed by atoms with Crippen LogP contribution in [0.25, 0.3) is 0 Å². The third-order valence-corrected chi connectivity index (χ3v) is 5.63. The van der Waals surface area contributed by atoms with Crippen molar-refractivity contribution in [3.8, 4) is 0 Å². The Bertz CT molecular complexity index is 648. The number of aryl methyl sites for hydroxylation is 2. The molecule has 0 aliphatic carbocycles. The predicted molar refractivity (Wildman–Crippen MR) is 109 cm³/mol. The van der Waals surface area contributed by atoms with E-state index in [-0.39, 0.29) is 11.8 Å². The fourth-order valence-electron chi connectivity index (χ4n) is 4.22. The highest BCUT2D eigenvalue weighted by atomic mass is 16.2. The number of nitrogens with one attached hydrogen (secondary N) is 2. The van der Waals surface area contributed by atoms with E-state index in [1.165, 1.54) is 25.7 Å². The SMILES string of the molecule is Cc1cc(C)c(NC(=O)CN2CCCC2)c(C)c1NC(=O)CN1CCCC1. The Hall–Kier alpha value is -1.92. The molecule has 0 aromatic heterocycles. The van der Waals surface area contributed by atoms with Gasteiger partial charge in [0, 0.05) is 11.4 Å². The molecule has 1 aromatic carbocycles. The highest BCUT2D eigenvalue weighted by Crippen LogP contribution is 2.31. The minimum Gasteiger partial charge on any atom is -0.324 e. The summed E-state index contributed by atoms with van der Waals surface area (Å²) < 4.78 is 0. The van der Waals surface area contributed by atoms with Crippen LogP contribution in [0, 0.1) is 20.8 Å². The van der Waals surface area contributed by atoms with E-state index in [9.17, 15) is 9.59 Å². The molecule has 0 unspecified atom stereocenters. The Morgan fingerprint density at radius 2 is 1.15 bits per heavy atom. The number of hydrogen-bond donors (Lipinski definition) is 2. The van der Waals surface area contributed by atoms with Crippen molar-refractivity contribution < 1.29 is 9.59 Å². The van der Waals surface area contributed by atoms with Crippen LogP contribution in [0.4, 0.5) is 11.4 Å². The Kier molecular flexibility index (Phi) is 6.50. The quantitative estimate of drug-likeness (QED) is 0.806. The Morgan fingerprint density at radius 3 is 1.52 bits per heavy atom. The summed E-state index contributed by atoms with van der Waals surface area (Å²) in [5.74, 6) is 0.0302. The van der Waals surface area contributed by atoms with Crippen molar-refractivity contribution in [3.05, 3.63) is 22.8 Å². The number of hydrogen-bond acceptors (Lipinski definition) is 4. The highest BCUT2D eigenvalue weighted by Gasteiger charge is 2.20. The third kappa shape index (κ3) is 5.08. The van der Waals surface area contributed by atoms with Crippen LogP contribution < -0.4 is 10.6 Å². The summed E-state index contributed by atoms with van der Waals surface area (Å²) in [4.78, 5) is 29.3. The zero-order valence-electron chi connectivity index (χ0n) is 16.9. The van der Waals surface area contributed by atoms with Gasteiger partial charge in [0.05, 0.1) is 13.1 Å². The Morgan fingerprint density at radius 1 is 0.778 bits per heavy atom. The maximum Gasteiger partial charge on any atom is 0.238 e. The highest BCUT2D eigenvalue weighted by molar-refractivity contribution is 5.98. The van der Waals surface area contributed by atoms with Gasteiger partial charge in [-0.3, -0.25) is 19.4 Å². The maximum absolute atomic E-state index is 12.5. The van der Waals surface area contributed by atoms with Gasteiger partial charge in [-0.1, -0.05) is 6.07 Å². The van der Waals surface area contributed by atoms with E-state index in [0.717, 1.165) is 54.2 Å². The van der Waals surface area contributed by atoms with Crippen LogP contribution in [0.1, 0.15) is 42.4 Å². The molecule has 2 saturated heterocycles. The molecule has 0 atom stereocenters. The first-order chi connectivity index (χ1) is 12.9. The zero-order valence-corrected chi connectivity index (χ0v) is 16.9. The molecule has 6 nitrogen and oxygen atoms in total. The topological polar surface area (TPSA) is 64.7 Å². The lowest BCUT2D eigenvalue weighted by atomic mass is 10.0. The van der Waals surface area contributed by atoms with Gasteiger partial charge < -0.3 is 10.6 Å². The van der Waals surface area contributed by atoms with E-state index in [4.69, 9.17) is 0 Å². The molecular weight excluding hydrogens is 340 g/mol. The maximum atomic E-state index is 12.5. The number of carbonyl (C=O) groups excluding carboxylic acids is 2. The van der Waals surface area contributed by atoms with Crippen LogP contribution in [-0.2, 0) is 9.59 Å². The molecule has 27 heavy (non-hydrogen) atoms. The van der Waals surface area contributed by atoms with E-state index < -0.39 is 0 Å². The predicted octanol–water partition coefficient (Wildman–Crippen LogP) is 2.68. The minimum absolute atomic E-state index is 0.0151. The molecule has 0 radical (unpaired) electrons. The molecule has 0 spiro atoms. The molecule has 6 heteroatoms. The second kappa shape index (κ2) is 8.85.